The van der Waals surface area contributed by atoms with Gasteiger partial charge < -0.3 is 5.32 Å². The summed E-state index contributed by atoms with van der Waals surface area (Å²) in [6.07, 6.45) is 1.06. The number of benzene rings is 2. The first-order valence-corrected chi connectivity index (χ1v) is 9.64. The third kappa shape index (κ3) is 4.91. The average molecular weight is 326 g/mol. The first-order valence-electron chi connectivity index (χ1n) is 8.30. The molecule has 0 heterocycles. The van der Waals surface area contributed by atoms with E-state index in [1.807, 2.05) is 0 Å². The minimum Gasteiger partial charge on any atom is -0.365 e. The Bertz CT molecular complexity index is 581. The largest absolute Gasteiger partial charge is 0.365 e. The van der Waals surface area contributed by atoms with E-state index in [9.17, 15) is 0 Å². The van der Waals surface area contributed by atoms with E-state index in [0.29, 0.717) is 0 Å². The molecule has 2 aromatic rings. The first-order chi connectivity index (χ1) is 11.1. The van der Waals surface area contributed by atoms with Gasteiger partial charge in [0.2, 0.25) is 0 Å². The smallest absolute Gasteiger partial charge is 0.129 e. The molecule has 0 spiro atoms. The molecule has 0 amide bonds. The molecule has 0 unspecified atom stereocenters. The van der Waals surface area contributed by atoms with Crippen LogP contribution in [0.3, 0.4) is 0 Å². The van der Waals surface area contributed by atoms with Gasteiger partial charge in [-0.25, -0.2) is 0 Å². The molecule has 2 aromatic carbocycles. The SMILES string of the molecule is CCN=C(NC(C)(C)CC)P(c1ccccc1)c1ccccc1. The van der Waals surface area contributed by atoms with Crippen molar-refractivity contribution in [3.05, 3.63) is 60.7 Å². The Morgan fingerprint density at radius 2 is 1.39 bits per heavy atom. The zero-order chi connectivity index (χ0) is 16.7. The van der Waals surface area contributed by atoms with Crippen LogP contribution in [0.25, 0.3) is 0 Å². The number of amidine groups is 1. The Morgan fingerprint density at radius 1 is 0.913 bits per heavy atom. The van der Waals surface area contributed by atoms with E-state index >= 15 is 0 Å². The van der Waals surface area contributed by atoms with Gasteiger partial charge in [0.1, 0.15) is 5.58 Å². The highest BCUT2D eigenvalue weighted by atomic mass is 31.1. The zero-order valence-electron chi connectivity index (χ0n) is 14.6. The fourth-order valence-corrected chi connectivity index (χ4v) is 4.68. The van der Waals surface area contributed by atoms with Crippen molar-refractivity contribution < 1.29 is 0 Å². The van der Waals surface area contributed by atoms with Gasteiger partial charge in [0, 0.05) is 20.0 Å². The summed E-state index contributed by atoms with van der Waals surface area (Å²) < 4.78 is 0. The second kappa shape index (κ2) is 8.26. The lowest BCUT2D eigenvalue weighted by atomic mass is 10.0. The minimum atomic E-state index is -0.651. The number of nitrogens with zero attached hydrogens (tertiary/aromatic N) is 1. The third-order valence-corrected chi connectivity index (χ3v) is 6.19. The molecule has 0 atom stereocenters. The molecule has 0 aliphatic rings. The normalized spacial score (nSPS) is 12.5. The monoisotopic (exact) mass is 326 g/mol. The Hall–Kier alpha value is -1.66. The quantitative estimate of drug-likeness (QED) is 0.478. The molecule has 0 aliphatic heterocycles. The summed E-state index contributed by atoms with van der Waals surface area (Å²) in [5.74, 6) is 0. The van der Waals surface area contributed by atoms with E-state index in [0.717, 1.165) is 18.5 Å². The summed E-state index contributed by atoms with van der Waals surface area (Å²) in [6, 6.07) is 21.4. The van der Waals surface area contributed by atoms with Gasteiger partial charge >= 0.3 is 0 Å². The van der Waals surface area contributed by atoms with Crippen LogP contribution in [-0.2, 0) is 0 Å². The maximum Gasteiger partial charge on any atom is 0.129 e. The van der Waals surface area contributed by atoms with Gasteiger partial charge in [-0.05, 0) is 37.8 Å². The minimum absolute atomic E-state index is 0.0398. The van der Waals surface area contributed by atoms with Crippen molar-refractivity contribution in [3.63, 3.8) is 0 Å². The predicted molar refractivity (Wildman–Crippen MR) is 105 cm³/mol. The van der Waals surface area contributed by atoms with E-state index in [2.05, 4.69) is 93.7 Å². The fourth-order valence-electron chi connectivity index (χ4n) is 2.25. The highest BCUT2D eigenvalue weighted by Gasteiger charge is 2.25. The number of nitrogens with one attached hydrogen (secondary N) is 1. The van der Waals surface area contributed by atoms with Crippen molar-refractivity contribution >= 4 is 24.1 Å². The fraction of sp³-hybridized carbons (Fsp3) is 0.350. The molecule has 1 N–H and O–H groups in total. The molecule has 0 bridgehead atoms. The summed E-state index contributed by atoms with van der Waals surface area (Å²) >= 11 is 0. The van der Waals surface area contributed by atoms with Crippen LogP contribution in [0.15, 0.2) is 65.7 Å². The molecular formula is C20H27N2P. The number of aliphatic imine (C=N–C) groups is 1. The van der Waals surface area contributed by atoms with Gasteiger partial charge in [-0.3, -0.25) is 4.99 Å². The van der Waals surface area contributed by atoms with Crippen molar-refractivity contribution in [2.45, 2.75) is 39.7 Å². The molecule has 0 radical (unpaired) electrons. The lowest BCUT2D eigenvalue weighted by molar-refractivity contribution is 0.448. The van der Waals surface area contributed by atoms with E-state index in [4.69, 9.17) is 4.99 Å². The number of hydrogen-bond acceptors (Lipinski definition) is 1. The van der Waals surface area contributed by atoms with Gasteiger partial charge in [-0.2, -0.15) is 0 Å². The maximum absolute atomic E-state index is 4.84. The van der Waals surface area contributed by atoms with E-state index in [1.54, 1.807) is 0 Å². The van der Waals surface area contributed by atoms with Gasteiger partial charge in [0.05, 0.1) is 0 Å². The van der Waals surface area contributed by atoms with Gasteiger partial charge in [-0.1, -0.05) is 67.6 Å². The highest BCUT2D eigenvalue weighted by molar-refractivity contribution is 7.88. The van der Waals surface area contributed by atoms with Crippen molar-refractivity contribution in [2.24, 2.45) is 4.99 Å². The van der Waals surface area contributed by atoms with Gasteiger partial charge in [0.25, 0.3) is 0 Å². The summed E-state index contributed by atoms with van der Waals surface area (Å²) in [5.41, 5.74) is 1.16. The van der Waals surface area contributed by atoms with Crippen LogP contribution in [0.2, 0.25) is 0 Å². The molecule has 0 aromatic heterocycles. The Balaban J connectivity index is 2.48. The molecular weight excluding hydrogens is 299 g/mol. The van der Waals surface area contributed by atoms with E-state index in [-0.39, 0.29) is 5.54 Å². The van der Waals surface area contributed by atoms with Crippen LogP contribution in [-0.4, -0.2) is 17.7 Å². The van der Waals surface area contributed by atoms with Crippen LogP contribution < -0.4 is 15.9 Å². The highest BCUT2D eigenvalue weighted by Crippen LogP contribution is 2.35. The van der Waals surface area contributed by atoms with Gasteiger partial charge in [0.15, 0.2) is 0 Å². The molecule has 0 fully saturated rings. The van der Waals surface area contributed by atoms with E-state index in [1.165, 1.54) is 10.6 Å². The van der Waals surface area contributed by atoms with Crippen molar-refractivity contribution in [1.29, 1.82) is 0 Å². The predicted octanol–water partition coefficient (Wildman–Crippen LogP) is 4.27. The third-order valence-electron chi connectivity index (χ3n) is 3.88. The summed E-state index contributed by atoms with van der Waals surface area (Å²) in [7, 11) is -0.651. The Morgan fingerprint density at radius 3 is 1.78 bits per heavy atom. The van der Waals surface area contributed by atoms with E-state index < -0.39 is 7.92 Å². The lowest BCUT2D eigenvalue weighted by Gasteiger charge is -2.31. The summed E-state index contributed by atoms with van der Waals surface area (Å²) in [6.45, 7) is 9.58. The van der Waals surface area contributed by atoms with Crippen LogP contribution in [0.1, 0.15) is 34.1 Å². The standard InChI is InChI=1S/C20H27N2P/c1-5-20(3,4)22-19(21-6-2)23(17-13-9-7-10-14-17)18-15-11-8-12-16-18/h7-16H,5-6H2,1-4H3,(H,21,22). The second-order valence-corrected chi connectivity index (χ2v) is 8.29. The first kappa shape index (κ1) is 17.7. The molecule has 2 rings (SSSR count). The van der Waals surface area contributed by atoms with Gasteiger partial charge in [-0.15, -0.1) is 0 Å². The average Bonchev–Trinajstić information content (AvgIpc) is 2.57. The molecule has 0 aliphatic carbocycles. The number of hydrogen-bond donors (Lipinski definition) is 1. The Labute approximate surface area is 141 Å². The van der Waals surface area contributed by atoms with Crippen LogP contribution in [0.5, 0.6) is 0 Å². The molecule has 2 nitrogen and oxygen atoms in total. The Kier molecular flexibility index (Phi) is 6.36. The second-order valence-electron chi connectivity index (χ2n) is 6.17. The topological polar surface area (TPSA) is 24.4 Å². The zero-order valence-corrected chi connectivity index (χ0v) is 15.5. The maximum atomic E-state index is 4.84. The van der Waals surface area contributed by atoms with Crippen LogP contribution in [0, 0.1) is 0 Å². The van der Waals surface area contributed by atoms with Crippen LogP contribution in [0.4, 0.5) is 0 Å². The van der Waals surface area contributed by atoms with Crippen LogP contribution >= 0.6 is 7.92 Å². The molecule has 3 heteroatoms. The summed E-state index contributed by atoms with van der Waals surface area (Å²) in [4.78, 5) is 4.84. The van der Waals surface area contributed by atoms with Crippen molar-refractivity contribution in [2.75, 3.05) is 6.54 Å². The molecule has 0 saturated carbocycles. The summed E-state index contributed by atoms with van der Waals surface area (Å²) in [5, 5.41) is 6.39. The molecule has 122 valence electrons. The molecule has 0 saturated heterocycles. The molecule has 23 heavy (non-hydrogen) atoms. The number of rotatable bonds is 6. The van der Waals surface area contributed by atoms with Crippen molar-refractivity contribution in [1.82, 2.24) is 5.32 Å². The lowest BCUT2D eigenvalue weighted by Crippen LogP contribution is -2.44. The van der Waals surface area contributed by atoms with Crippen molar-refractivity contribution in [3.8, 4) is 0 Å².